The smallest absolute Gasteiger partial charge is 0.239 e. The number of hydrogen-bond acceptors (Lipinski definition) is 3. The molecule has 0 aliphatic rings. The van der Waals surface area contributed by atoms with Crippen molar-refractivity contribution in [1.82, 2.24) is 5.32 Å². The van der Waals surface area contributed by atoms with E-state index >= 15 is 0 Å². The number of rotatable bonds is 7. The van der Waals surface area contributed by atoms with Crippen molar-refractivity contribution in [3.8, 4) is 5.75 Å². The Balaban J connectivity index is 2.00. The second kappa shape index (κ2) is 8.80. The Hall–Kier alpha value is -2.16. The second-order valence-corrected chi connectivity index (χ2v) is 6.70. The third-order valence-electron chi connectivity index (χ3n) is 3.49. The number of carbonyl (C=O) groups excluding carboxylic acids is 2. The second-order valence-electron chi connectivity index (χ2n) is 5.54. The number of hydrogen-bond donors (Lipinski definition) is 2. The Kier molecular flexibility index (Phi) is 6.74. The zero-order valence-electron chi connectivity index (χ0n) is 13.6. The quantitative estimate of drug-likeness (QED) is 0.629. The van der Waals surface area contributed by atoms with Crippen LogP contribution in [0.5, 0.6) is 5.75 Å². The molecular weight excluding hydrogens is 438 g/mol. The van der Waals surface area contributed by atoms with Crippen LogP contribution in [0.3, 0.4) is 0 Å². The van der Waals surface area contributed by atoms with Crippen molar-refractivity contribution < 1.29 is 18.7 Å². The van der Waals surface area contributed by atoms with E-state index in [1.54, 1.807) is 24.3 Å². The molecule has 132 valence electrons. The van der Waals surface area contributed by atoms with E-state index in [-0.39, 0.29) is 18.1 Å². The Morgan fingerprint density at radius 1 is 1.24 bits per heavy atom. The standard InChI is InChI=1S/C18H18FIN2O3/c1-11(18(21)24)22-17(23)9-13-8-15(6-7-16(13)20)25-10-12-2-4-14(19)5-3-12/h2-8,11H,9-10H2,1H3,(H2,21,24)(H,22,23). The van der Waals surface area contributed by atoms with Gasteiger partial charge in [-0.2, -0.15) is 0 Å². The molecule has 2 aromatic rings. The van der Waals surface area contributed by atoms with Gasteiger partial charge in [0.05, 0.1) is 6.42 Å². The molecule has 25 heavy (non-hydrogen) atoms. The molecule has 0 aliphatic heterocycles. The maximum absolute atomic E-state index is 12.9. The lowest BCUT2D eigenvalue weighted by Crippen LogP contribution is -2.42. The van der Waals surface area contributed by atoms with Crippen molar-refractivity contribution in [2.45, 2.75) is 26.0 Å². The van der Waals surface area contributed by atoms with Gasteiger partial charge in [-0.1, -0.05) is 12.1 Å². The molecule has 2 rings (SSSR count). The van der Waals surface area contributed by atoms with Gasteiger partial charge in [0, 0.05) is 3.57 Å². The number of primary amides is 1. The van der Waals surface area contributed by atoms with Gasteiger partial charge in [0.1, 0.15) is 24.2 Å². The summed E-state index contributed by atoms with van der Waals surface area (Å²) < 4.78 is 19.5. The van der Waals surface area contributed by atoms with Gasteiger partial charge in [0.15, 0.2) is 0 Å². The van der Waals surface area contributed by atoms with Crippen LogP contribution in [-0.4, -0.2) is 17.9 Å². The number of ether oxygens (including phenoxy) is 1. The summed E-state index contributed by atoms with van der Waals surface area (Å²) in [5.41, 5.74) is 6.76. The van der Waals surface area contributed by atoms with E-state index in [0.29, 0.717) is 12.4 Å². The van der Waals surface area contributed by atoms with Gasteiger partial charge in [0.2, 0.25) is 11.8 Å². The van der Waals surface area contributed by atoms with Gasteiger partial charge in [-0.3, -0.25) is 9.59 Å². The van der Waals surface area contributed by atoms with E-state index in [1.165, 1.54) is 19.1 Å². The van der Waals surface area contributed by atoms with E-state index in [0.717, 1.165) is 14.7 Å². The van der Waals surface area contributed by atoms with Crippen LogP contribution in [0, 0.1) is 9.39 Å². The molecule has 3 N–H and O–H groups in total. The molecule has 2 amide bonds. The zero-order valence-corrected chi connectivity index (χ0v) is 15.7. The van der Waals surface area contributed by atoms with Gasteiger partial charge in [-0.25, -0.2) is 4.39 Å². The Bertz CT molecular complexity index is 765. The van der Waals surface area contributed by atoms with E-state index in [4.69, 9.17) is 10.5 Å². The molecule has 0 radical (unpaired) electrons. The molecule has 1 atom stereocenters. The minimum atomic E-state index is -0.719. The van der Waals surface area contributed by atoms with E-state index in [1.807, 2.05) is 6.07 Å². The van der Waals surface area contributed by atoms with Gasteiger partial charge in [-0.05, 0) is 71.0 Å². The molecule has 2 aromatic carbocycles. The fraction of sp³-hybridized carbons (Fsp3) is 0.222. The minimum Gasteiger partial charge on any atom is -0.489 e. The zero-order chi connectivity index (χ0) is 18.4. The summed E-state index contributed by atoms with van der Waals surface area (Å²) in [6, 6.07) is 10.8. The van der Waals surface area contributed by atoms with E-state index in [2.05, 4.69) is 27.9 Å². The first-order chi connectivity index (χ1) is 11.8. The first-order valence-electron chi connectivity index (χ1n) is 7.59. The van der Waals surface area contributed by atoms with Crippen molar-refractivity contribution in [3.63, 3.8) is 0 Å². The molecule has 0 spiro atoms. The average Bonchev–Trinajstić information content (AvgIpc) is 2.56. The SMILES string of the molecule is CC(NC(=O)Cc1cc(OCc2ccc(F)cc2)ccc1I)C(N)=O. The van der Waals surface area contributed by atoms with Gasteiger partial charge in [-0.15, -0.1) is 0 Å². The maximum atomic E-state index is 12.9. The predicted molar refractivity (Wildman–Crippen MR) is 100 cm³/mol. The summed E-state index contributed by atoms with van der Waals surface area (Å²) in [7, 11) is 0. The highest BCUT2D eigenvalue weighted by Crippen LogP contribution is 2.21. The molecule has 0 saturated carbocycles. The topological polar surface area (TPSA) is 81.4 Å². The third kappa shape index (κ3) is 6.00. The molecule has 0 aliphatic carbocycles. The highest BCUT2D eigenvalue weighted by Gasteiger charge is 2.14. The number of halogens is 2. The summed E-state index contributed by atoms with van der Waals surface area (Å²) >= 11 is 2.13. The molecule has 0 saturated heterocycles. The summed E-state index contributed by atoms with van der Waals surface area (Å²) in [5, 5.41) is 2.54. The number of carbonyl (C=O) groups is 2. The average molecular weight is 456 g/mol. The van der Waals surface area contributed by atoms with Crippen LogP contribution in [0.2, 0.25) is 0 Å². The van der Waals surface area contributed by atoms with E-state index < -0.39 is 11.9 Å². The predicted octanol–water partition coefficient (Wildman–Crippen LogP) is 2.54. The molecule has 0 bridgehead atoms. The largest absolute Gasteiger partial charge is 0.489 e. The normalized spacial score (nSPS) is 11.6. The van der Waals surface area contributed by atoms with E-state index in [9.17, 15) is 14.0 Å². The Morgan fingerprint density at radius 3 is 2.56 bits per heavy atom. The fourth-order valence-corrected chi connectivity index (χ4v) is 2.59. The molecule has 0 fully saturated rings. The molecular formula is C18H18FIN2O3. The van der Waals surface area contributed by atoms with Crippen LogP contribution in [0.1, 0.15) is 18.1 Å². The number of amides is 2. The van der Waals surface area contributed by atoms with Crippen LogP contribution >= 0.6 is 22.6 Å². The molecule has 5 nitrogen and oxygen atoms in total. The molecule has 1 unspecified atom stereocenters. The van der Waals surface area contributed by atoms with Crippen molar-refractivity contribution >= 4 is 34.4 Å². The number of nitrogens with two attached hydrogens (primary N) is 1. The first kappa shape index (κ1) is 19.2. The third-order valence-corrected chi connectivity index (χ3v) is 4.54. The highest BCUT2D eigenvalue weighted by molar-refractivity contribution is 14.1. The Labute approximate surface area is 158 Å². The molecule has 0 heterocycles. The van der Waals surface area contributed by atoms with Crippen molar-refractivity contribution in [2.75, 3.05) is 0 Å². The summed E-state index contributed by atoms with van der Waals surface area (Å²) in [4.78, 5) is 23.0. The van der Waals surface area contributed by atoms with Gasteiger partial charge in [0.25, 0.3) is 0 Å². The first-order valence-corrected chi connectivity index (χ1v) is 8.67. The molecule has 7 heteroatoms. The minimum absolute atomic E-state index is 0.115. The van der Waals surface area contributed by atoms with Crippen molar-refractivity contribution in [2.24, 2.45) is 5.73 Å². The lowest BCUT2D eigenvalue weighted by atomic mass is 10.1. The summed E-state index contributed by atoms with van der Waals surface area (Å²) in [5.74, 6) is -0.564. The lowest BCUT2D eigenvalue weighted by molar-refractivity contribution is -0.126. The van der Waals surface area contributed by atoms with Crippen LogP contribution in [0.15, 0.2) is 42.5 Å². The van der Waals surface area contributed by atoms with Crippen molar-refractivity contribution in [3.05, 3.63) is 63.0 Å². The fourth-order valence-electron chi connectivity index (χ4n) is 2.06. The van der Waals surface area contributed by atoms with Gasteiger partial charge >= 0.3 is 0 Å². The van der Waals surface area contributed by atoms with Gasteiger partial charge < -0.3 is 15.8 Å². The maximum Gasteiger partial charge on any atom is 0.239 e. The van der Waals surface area contributed by atoms with Crippen molar-refractivity contribution in [1.29, 1.82) is 0 Å². The lowest BCUT2D eigenvalue weighted by Gasteiger charge is -2.12. The van der Waals surface area contributed by atoms with Crippen LogP contribution in [0.4, 0.5) is 4.39 Å². The summed E-state index contributed by atoms with van der Waals surface area (Å²) in [6.45, 7) is 1.83. The molecule has 0 aromatic heterocycles. The number of nitrogens with one attached hydrogen (secondary N) is 1. The van der Waals surface area contributed by atoms with Crippen LogP contribution in [-0.2, 0) is 22.6 Å². The van der Waals surface area contributed by atoms with Crippen LogP contribution < -0.4 is 15.8 Å². The Morgan fingerprint density at radius 2 is 1.92 bits per heavy atom. The monoisotopic (exact) mass is 456 g/mol. The summed E-state index contributed by atoms with van der Waals surface area (Å²) in [6.07, 6.45) is 0.115. The highest BCUT2D eigenvalue weighted by atomic mass is 127. The van der Waals surface area contributed by atoms with Crippen LogP contribution in [0.25, 0.3) is 0 Å². The number of benzene rings is 2.